The molecule has 1 unspecified atom stereocenters. The molecule has 0 amide bonds. The highest BCUT2D eigenvalue weighted by Gasteiger charge is 2.46. The van der Waals surface area contributed by atoms with Gasteiger partial charge in [0.15, 0.2) is 11.7 Å². The normalized spacial score (nSPS) is 15.7. The molecular weight excluding hydrogens is 541 g/mol. The highest BCUT2D eigenvalue weighted by molar-refractivity contribution is 8.13. The van der Waals surface area contributed by atoms with Crippen LogP contribution in [-0.2, 0) is 48.1 Å². The summed E-state index contributed by atoms with van der Waals surface area (Å²) in [6.45, 7) is -3.59. The molecule has 0 heterocycles. The van der Waals surface area contributed by atoms with Gasteiger partial charge in [-0.2, -0.15) is 0 Å². The minimum Gasteiger partial charge on any atom is -0.310 e. The maximum absolute atomic E-state index is 13.7. The maximum Gasteiger partial charge on any atom is 0.363 e. The van der Waals surface area contributed by atoms with Gasteiger partial charge in [0.25, 0.3) is 0 Å². The Morgan fingerprint density at radius 1 is 0.556 bits per heavy atom. The van der Waals surface area contributed by atoms with E-state index in [1.54, 1.807) is 72.8 Å². The van der Waals surface area contributed by atoms with Crippen LogP contribution in [0.1, 0.15) is 22.8 Å². The van der Waals surface area contributed by atoms with E-state index < -0.39 is 33.4 Å². The first-order valence-electron chi connectivity index (χ1n) is 10.8. The van der Waals surface area contributed by atoms with Gasteiger partial charge in [0.05, 0.1) is 0 Å². The molecule has 0 radical (unpaired) electrons. The van der Waals surface area contributed by atoms with Crippen LogP contribution in [0.25, 0.3) is 0 Å². The van der Waals surface area contributed by atoms with Crippen molar-refractivity contribution in [2.75, 3.05) is 28.4 Å². The van der Waals surface area contributed by atoms with Crippen LogP contribution < -0.4 is 5.30 Å². The molecule has 3 aromatic carbocycles. The number of rotatable bonds is 13. The Balaban J connectivity index is 2.19. The van der Waals surface area contributed by atoms with E-state index in [1.165, 1.54) is 28.4 Å². The third-order valence-electron chi connectivity index (χ3n) is 5.31. The first-order chi connectivity index (χ1) is 17.2. The van der Waals surface area contributed by atoms with Gasteiger partial charge < -0.3 is 27.1 Å². The molecule has 3 rings (SSSR count). The molecule has 3 aromatic rings. The lowest BCUT2D eigenvalue weighted by Gasteiger charge is -2.34. The SMILES string of the molecule is COP(=O)(OC)[C@H](OP(=S)(O[C@@H](c1ccccc1)P(=O)(OC)OC)c1ccccc1)c1ccccc1. The Morgan fingerprint density at radius 2 is 0.861 bits per heavy atom. The highest BCUT2D eigenvalue weighted by Crippen LogP contribution is 2.71. The molecule has 0 saturated carbocycles. The molecule has 194 valence electrons. The lowest BCUT2D eigenvalue weighted by molar-refractivity contribution is 0.156. The van der Waals surface area contributed by atoms with Gasteiger partial charge in [-0.15, -0.1) is 0 Å². The Kier molecular flexibility index (Phi) is 10.4. The molecule has 0 aromatic heterocycles. The van der Waals surface area contributed by atoms with Crippen LogP contribution in [0.4, 0.5) is 0 Å². The molecule has 0 saturated heterocycles. The quantitative estimate of drug-likeness (QED) is 0.201. The molecule has 0 N–H and O–H groups in total. The molecule has 0 aliphatic heterocycles. The van der Waals surface area contributed by atoms with E-state index in [0.717, 1.165) is 0 Å². The number of hydrogen-bond donors (Lipinski definition) is 0. The smallest absolute Gasteiger partial charge is 0.310 e. The fraction of sp³-hybridized carbons (Fsp3) is 0.250. The summed E-state index contributed by atoms with van der Waals surface area (Å²) in [5, 5.41) is 0.499. The fourth-order valence-electron chi connectivity index (χ4n) is 3.39. The van der Waals surface area contributed by atoms with E-state index in [9.17, 15) is 9.13 Å². The van der Waals surface area contributed by atoms with Crippen molar-refractivity contribution < 1.29 is 36.3 Å². The average Bonchev–Trinajstić information content (AvgIpc) is 2.95. The predicted octanol–water partition coefficient (Wildman–Crippen LogP) is 7.02. The first-order valence-corrected chi connectivity index (χ1v) is 16.7. The summed E-state index contributed by atoms with van der Waals surface area (Å²) in [7, 11) is -2.66. The molecule has 36 heavy (non-hydrogen) atoms. The summed E-state index contributed by atoms with van der Waals surface area (Å²) in [6.07, 6.45) is 0. The topological polar surface area (TPSA) is 89.5 Å². The van der Waals surface area contributed by atoms with E-state index in [4.69, 9.17) is 38.9 Å². The van der Waals surface area contributed by atoms with Crippen LogP contribution in [0.5, 0.6) is 0 Å². The summed E-state index contributed by atoms with van der Waals surface area (Å²) < 4.78 is 61.5. The molecule has 0 aliphatic rings. The van der Waals surface area contributed by atoms with E-state index in [2.05, 4.69) is 0 Å². The molecule has 0 aliphatic carbocycles. The lowest BCUT2D eigenvalue weighted by Crippen LogP contribution is -2.17. The highest BCUT2D eigenvalue weighted by atomic mass is 32.5. The van der Waals surface area contributed by atoms with E-state index in [1.807, 2.05) is 18.2 Å². The second kappa shape index (κ2) is 12.9. The molecule has 8 nitrogen and oxygen atoms in total. The van der Waals surface area contributed by atoms with Gasteiger partial charge in [0, 0.05) is 33.7 Å². The van der Waals surface area contributed by atoms with Crippen molar-refractivity contribution in [1.82, 2.24) is 0 Å². The van der Waals surface area contributed by atoms with E-state index in [0.29, 0.717) is 16.4 Å². The molecular formula is C24H29O8P3S. The minimum atomic E-state index is -3.87. The molecule has 3 atom stereocenters. The summed E-state index contributed by atoms with van der Waals surface area (Å²) in [5.74, 6) is -2.47. The van der Waals surface area contributed by atoms with E-state index >= 15 is 0 Å². The Labute approximate surface area is 217 Å². The van der Waals surface area contributed by atoms with Gasteiger partial charge in [0.2, 0.25) is 6.49 Å². The zero-order chi connectivity index (χ0) is 26.2. The second-order valence-electron chi connectivity index (χ2n) is 7.38. The van der Waals surface area contributed by atoms with Gasteiger partial charge in [-0.05, 0) is 35.1 Å². The van der Waals surface area contributed by atoms with Crippen molar-refractivity contribution in [2.45, 2.75) is 11.7 Å². The lowest BCUT2D eigenvalue weighted by atomic mass is 10.2. The largest absolute Gasteiger partial charge is 0.363 e. The van der Waals surface area contributed by atoms with Crippen molar-refractivity contribution in [3.63, 3.8) is 0 Å². The van der Waals surface area contributed by atoms with Crippen molar-refractivity contribution in [3.05, 3.63) is 102 Å². The summed E-state index contributed by atoms with van der Waals surface area (Å²) in [5.41, 5.74) is 1.02. The monoisotopic (exact) mass is 570 g/mol. The summed E-state index contributed by atoms with van der Waals surface area (Å²) >= 11 is 6.05. The van der Waals surface area contributed by atoms with Gasteiger partial charge >= 0.3 is 15.2 Å². The standard InChI is InChI=1S/C24H29O8P3S/c1-27-33(25,28-2)23(20-14-8-5-9-15-20)31-35(36,22-18-12-7-13-19-22)32-24(34(26,29-3)30-4)21-16-10-6-11-17-21/h5-19,23-24H,1-4H3/t23-,24+,35?. The first kappa shape index (κ1) is 29.1. The van der Waals surface area contributed by atoms with Crippen LogP contribution in [0, 0.1) is 0 Å². The van der Waals surface area contributed by atoms with Gasteiger partial charge in [0.1, 0.15) is 0 Å². The van der Waals surface area contributed by atoms with Crippen molar-refractivity contribution >= 4 is 38.8 Å². The van der Waals surface area contributed by atoms with Gasteiger partial charge in [-0.3, -0.25) is 9.13 Å². The molecule has 0 spiro atoms. The van der Waals surface area contributed by atoms with Crippen molar-refractivity contribution in [1.29, 1.82) is 0 Å². The van der Waals surface area contributed by atoms with Gasteiger partial charge in [-0.1, -0.05) is 78.9 Å². The maximum atomic E-state index is 13.7. The summed E-state index contributed by atoms with van der Waals surface area (Å²) in [6, 6.07) is 26.4. The van der Waals surface area contributed by atoms with Crippen LogP contribution in [0.3, 0.4) is 0 Å². The fourth-order valence-corrected chi connectivity index (χ4v) is 10.1. The van der Waals surface area contributed by atoms with Crippen LogP contribution >= 0.6 is 21.7 Å². The van der Waals surface area contributed by atoms with Crippen molar-refractivity contribution in [3.8, 4) is 0 Å². The third kappa shape index (κ3) is 6.50. The zero-order valence-electron chi connectivity index (χ0n) is 20.3. The Morgan fingerprint density at radius 3 is 1.17 bits per heavy atom. The third-order valence-corrected chi connectivity index (χ3v) is 12.7. The van der Waals surface area contributed by atoms with E-state index in [-0.39, 0.29) is 0 Å². The second-order valence-corrected chi connectivity index (χ2v) is 15.3. The van der Waals surface area contributed by atoms with Gasteiger partial charge in [-0.25, -0.2) is 0 Å². The van der Waals surface area contributed by atoms with Crippen LogP contribution in [-0.4, -0.2) is 28.4 Å². The number of hydrogen-bond acceptors (Lipinski definition) is 9. The van der Waals surface area contributed by atoms with Crippen molar-refractivity contribution in [2.24, 2.45) is 0 Å². The summed E-state index contributed by atoms with van der Waals surface area (Å²) in [4.78, 5) is 0. The Hall–Kier alpha value is -1.47. The zero-order valence-corrected chi connectivity index (χ0v) is 23.8. The molecule has 0 fully saturated rings. The van der Waals surface area contributed by atoms with Crippen LogP contribution in [0.15, 0.2) is 91.0 Å². The molecule has 12 heteroatoms. The van der Waals surface area contributed by atoms with Crippen LogP contribution in [0.2, 0.25) is 0 Å². The minimum absolute atomic E-state index is 0.499. The molecule has 0 bridgehead atoms. The Bertz CT molecular complexity index is 1150. The predicted molar refractivity (Wildman–Crippen MR) is 144 cm³/mol. The number of benzene rings is 3. The average molecular weight is 570 g/mol.